The number of nitrogens with one attached hydrogen (secondary N) is 1. The number of hydrogen-bond donors (Lipinski definition) is 1. The molecule has 2 nitrogen and oxygen atoms in total. The summed E-state index contributed by atoms with van der Waals surface area (Å²) >= 11 is 0. The van der Waals surface area contributed by atoms with Gasteiger partial charge in [-0.2, -0.15) is 0 Å². The van der Waals surface area contributed by atoms with Gasteiger partial charge in [-0.1, -0.05) is 44.2 Å². The standard InChI is InChI=1S/C16H26N2/c1-13(2)16(14-7-5-4-6-8-14)17-15-9-11-18(3)12-10-15/h4-8,13,15-17H,9-12H2,1-3H3/t16-/m1/s1. The Kier molecular flexibility index (Phi) is 4.79. The van der Waals surface area contributed by atoms with Gasteiger partial charge in [0.1, 0.15) is 0 Å². The van der Waals surface area contributed by atoms with E-state index in [2.05, 4.69) is 61.4 Å². The van der Waals surface area contributed by atoms with Crippen LogP contribution in [0.3, 0.4) is 0 Å². The van der Waals surface area contributed by atoms with Crippen LogP contribution in [-0.4, -0.2) is 31.1 Å². The lowest BCUT2D eigenvalue weighted by Gasteiger charge is -2.34. The second-order valence-corrected chi connectivity index (χ2v) is 5.88. The lowest BCUT2D eigenvalue weighted by Crippen LogP contribution is -2.43. The van der Waals surface area contributed by atoms with Gasteiger partial charge in [0, 0.05) is 12.1 Å². The van der Waals surface area contributed by atoms with E-state index < -0.39 is 0 Å². The summed E-state index contributed by atoms with van der Waals surface area (Å²) < 4.78 is 0. The van der Waals surface area contributed by atoms with E-state index in [1.54, 1.807) is 0 Å². The molecule has 0 aromatic heterocycles. The van der Waals surface area contributed by atoms with Crippen LogP contribution >= 0.6 is 0 Å². The Labute approximate surface area is 111 Å². The fourth-order valence-electron chi connectivity index (χ4n) is 2.76. The van der Waals surface area contributed by atoms with Crippen LogP contribution in [0.1, 0.15) is 38.3 Å². The molecule has 1 atom stereocenters. The molecule has 1 saturated heterocycles. The molecule has 0 radical (unpaired) electrons. The van der Waals surface area contributed by atoms with Crippen LogP contribution in [0, 0.1) is 5.92 Å². The minimum atomic E-state index is 0.486. The summed E-state index contributed by atoms with van der Waals surface area (Å²) in [5.74, 6) is 0.632. The smallest absolute Gasteiger partial charge is 0.0345 e. The predicted octanol–water partition coefficient (Wildman–Crippen LogP) is 3.07. The van der Waals surface area contributed by atoms with E-state index >= 15 is 0 Å². The molecule has 1 aliphatic rings. The molecule has 1 aliphatic heterocycles. The molecule has 0 spiro atoms. The molecule has 18 heavy (non-hydrogen) atoms. The van der Waals surface area contributed by atoms with Crippen molar-refractivity contribution in [2.45, 2.75) is 38.8 Å². The Balaban J connectivity index is 1.99. The van der Waals surface area contributed by atoms with Crippen LogP contribution in [0.25, 0.3) is 0 Å². The molecule has 0 bridgehead atoms. The largest absolute Gasteiger partial charge is 0.307 e. The Morgan fingerprint density at radius 2 is 1.72 bits per heavy atom. The van der Waals surface area contributed by atoms with Gasteiger partial charge >= 0.3 is 0 Å². The van der Waals surface area contributed by atoms with E-state index in [0.29, 0.717) is 18.0 Å². The van der Waals surface area contributed by atoms with Crippen molar-refractivity contribution < 1.29 is 0 Å². The normalized spacial score (nSPS) is 20.2. The van der Waals surface area contributed by atoms with Gasteiger partial charge in [0.25, 0.3) is 0 Å². The molecule has 1 N–H and O–H groups in total. The topological polar surface area (TPSA) is 15.3 Å². The predicted molar refractivity (Wildman–Crippen MR) is 77.7 cm³/mol. The van der Waals surface area contributed by atoms with Gasteiger partial charge in [-0.3, -0.25) is 0 Å². The highest BCUT2D eigenvalue weighted by molar-refractivity contribution is 5.19. The molecular formula is C16H26N2. The maximum absolute atomic E-state index is 3.87. The van der Waals surface area contributed by atoms with Gasteiger partial charge in [0.05, 0.1) is 0 Å². The zero-order chi connectivity index (χ0) is 13.0. The maximum Gasteiger partial charge on any atom is 0.0345 e. The van der Waals surface area contributed by atoms with Crippen LogP contribution < -0.4 is 5.32 Å². The first-order chi connectivity index (χ1) is 8.66. The van der Waals surface area contributed by atoms with E-state index in [1.807, 2.05) is 0 Å². The molecule has 1 aromatic rings. The Morgan fingerprint density at radius 3 is 2.28 bits per heavy atom. The van der Waals surface area contributed by atoms with Gasteiger partial charge in [-0.25, -0.2) is 0 Å². The highest BCUT2D eigenvalue weighted by atomic mass is 15.1. The molecule has 1 aromatic carbocycles. The number of rotatable bonds is 4. The Morgan fingerprint density at radius 1 is 1.11 bits per heavy atom. The Hall–Kier alpha value is -0.860. The van der Waals surface area contributed by atoms with Crippen LogP contribution in [0.5, 0.6) is 0 Å². The van der Waals surface area contributed by atoms with Crippen molar-refractivity contribution in [3.8, 4) is 0 Å². The molecular weight excluding hydrogens is 220 g/mol. The van der Waals surface area contributed by atoms with Crippen molar-refractivity contribution in [3.05, 3.63) is 35.9 Å². The summed E-state index contributed by atoms with van der Waals surface area (Å²) in [6, 6.07) is 12.0. The number of hydrogen-bond acceptors (Lipinski definition) is 2. The summed E-state index contributed by atoms with van der Waals surface area (Å²) in [5.41, 5.74) is 1.42. The number of nitrogens with zero attached hydrogens (tertiary/aromatic N) is 1. The van der Waals surface area contributed by atoms with Crippen molar-refractivity contribution in [3.63, 3.8) is 0 Å². The third-order valence-electron chi connectivity index (χ3n) is 3.96. The van der Waals surface area contributed by atoms with E-state index in [-0.39, 0.29) is 0 Å². The molecule has 0 saturated carbocycles. The summed E-state index contributed by atoms with van der Waals surface area (Å²) in [6.07, 6.45) is 2.54. The fourth-order valence-corrected chi connectivity index (χ4v) is 2.76. The first kappa shape index (κ1) is 13.6. The van der Waals surface area contributed by atoms with Crippen molar-refractivity contribution in [2.24, 2.45) is 5.92 Å². The van der Waals surface area contributed by atoms with E-state index in [0.717, 1.165) is 0 Å². The van der Waals surface area contributed by atoms with Crippen LogP contribution in [-0.2, 0) is 0 Å². The summed E-state index contributed by atoms with van der Waals surface area (Å²) in [4.78, 5) is 2.42. The molecule has 100 valence electrons. The van der Waals surface area contributed by atoms with Gasteiger partial charge in [-0.15, -0.1) is 0 Å². The molecule has 1 heterocycles. The molecule has 1 fully saturated rings. The van der Waals surface area contributed by atoms with Gasteiger partial charge in [0.15, 0.2) is 0 Å². The second-order valence-electron chi connectivity index (χ2n) is 5.88. The monoisotopic (exact) mass is 246 g/mol. The zero-order valence-electron chi connectivity index (χ0n) is 11.9. The highest BCUT2D eigenvalue weighted by Gasteiger charge is 2.22. The highest BCUT2D eigenvalue weighted by Crippen LogP contribution is 2.23. The number of likely N-dealkylation sites (tertiary alicyclic amines) is 1. The van der Waals surface area contributed by atoms with Crippen molar-refractivity contribution in [2.75, 3.05) is 20.1 Å². The first-order valence-electron chi connectivity index (χ1n) is 7.16. The average Bonchev–Trinajstić information content (AvgIpc) is 2.38. The molecule has 2 rings (SSSR count). The van der Waals surface area contributed by atoms with Crippen LogP contribution in [0.2, 0.25) is 0 Å². The Bertz CT molecular complexity index is 339. The molecule has 2 heteroatoms. The molecule has 0 unspecified atom stereocenters. The van der Waals surface area contributed by atoms with E-state index in [4.69, 9.17) is 0 Å². The van der Waals surface area contributed by atoms with E-state index in [9.17, 15) is 0 Å². The second kappa shape index (κ2) is 6.35. The lowest BCUT2D eigenvalue weighted by molar-refractivity contribution is 0.214. The van der Waals surface area contributed by atoms with Gasteiger partial charge in [0.2, 0.25) is 0 Å². The van der Waals surface area contributed by atoms with E-state index in [1.165, 1.54) is 31.5 Å². The third kappa shape index (κ3) is 3.56. The maximum atomic E-state index is 3.87. The minimum absolute atomic E-state index is 0.486. The lowest BCUT2D eigenvalue weighted by atomic mass is 9.93. The first-order valence-corrected chi connectivity index (χ1v) is 7.16. The van der Waals surface area contributed by atoms with Crippen molar-refractivity contribution in [1.29, 1.82) is 0 Å². The van der Waals surface area contributed by atoms with Crippen molar-refractivity contribution >= 4 is 0 Å². The number of piperidine rings is 1. The van der Waals surface area contributed by atoms with Gasteiger partial charge < -0.3 is 10.2 Å². The third-order valence-corrected chi connectivity index (χ3v) is 3.96. The summed E-state index contributed by atoms with van der Waals surface area (Å²) in [5, 5.41) is 3.87. The summed E-state index contributed by atoms with van der Waals surface area (Å²) in [7, 11) is 2.22. The quantitative estimate of drug-likeness (QED) is 0.878. The van der Waals surface area contributed by atoms with Gasteiger partial charge in [-0.05, 0) is 44.5 Å². The SMILES string of the molecule is CC(C)[C@@H](NC1CCN(C)CC1)c1ccccc1. The average molecular weight is 246 g/mol. The zero-order valence-corrected chi connectivity index (χ0v) is 11.9. The minimum Gasteiger partial charge on any atom is -0.307 e. The van der Waals surface area contributed by atoms with Crippen LogP contribution in [0.15, 0.2) is 30.3 Å². The fraction of sp³-hybridized carbons (Fsp3) is 0.625. The van der Waals surface area contributed by atoms with Crippen LogP contribution in [0.4, 0.5) is 0 Å². The summed E-state index contributed by atoms with van der Waals surface area (Å²) in [6.45, 7) is 7.05. The number of benzene rings is 1. The van der Waals surface area contributed by atoms with Crippen molar-refractivity contribution in [1.82, 2.24) is 10.2 Å². The molecule has 0 aliphatic carbocycles. The molecule has 0 amide bonds.